The molecule has 2 rings (SSSR count). The van der Waals surface area contributed by atoms with Gasteiger partial charge in [-0.2, -0.15) is 0 Å². The zero-order chi connectivity index (χ0) is 10.4. The topological polar surface area (TPSA) is 12.9 Å². The van der Waals surface area contributed by atoms with Crippen LogP contribution < -0.4 is 0 Å². The highest BCUT2D eigenvalue weighted by Gasteiger charge is 1.97. The normalized spacial score (nSPS) is 9.07. The minimum Gasteiger partial charge on any atom is -0.245 e. The Morgan fingerprint density at radius 1 is 1.14 bits per heavy atom. The van der Waals surface area contributed by atoms with E-state index in [0.717, 1.165) is 15.5 Å². The first-order chi connectivity index (χ1) is 6.86. The van der Waals surface area contributed by atoms with Crippen LogP contribution in [0, 0.1) is 0 Å². The summed E-state index contributed by atoms with van der Waals surface area (Å²) in [5, 5.41) is 3.03. The number of aromatic nitrogens is 1. The third-order valence-electron chi connectivity index (χ3n) is 1.55. The number of nitrogens with zero attached hydrogens (tertiary/aromatic N) is 1. The van der Waals surface area contributed by atoms with Gasteiger partial charge in [-0.25, -0.2) is 4.98 Å². The second-order valence-corrected chi connectivity index (χ2v) is 3.80. The van der Waals surface area contributed by atoms with Gasteiger partial charge in [0.05, 0.1) is 0 Å². The van der Waals surface area contributed by atoms with E-state index in [4.69, 9.17) is 0 Å². The fourth-order valence-corrected chi connectivity index (χ4v) is 1.76. The largest absolute Gasteiger partial charge is 0.245 e. The van der Waals surface area contributed by atoms with E-state index in [9.17, 15) is 0 Å². The highest BCUT2D eigenvalue weighted by molar-refractivity contribution is 7.80. The van der Waals surface area contributed by atoms with Crippen LogP contribution in [-0.4, -0.2) is 4.98 Å². The van der Waals surface area contributed by atoms with Gasteiger partial charge >= 0.3 is 0 Å². The van der Waals surface area contributed by atoms with Gasteiger partial charge in [0.2, 0.25) is 0 Å². The number of thiazole rings is 1. The maximum atomic E-state index is 4.21. The van der Waals surface area contributed by atoms with Gasteiger partial charge in [0.1, 0.15) is 5.01 Å². The standard InChI is InChI=1S/C9H7NS2.C2H6/c11-8-3-1-7(2-4-8)9-10-5-6-12-9;1-2/h1-6,11H;1-2H3. The molecule has 1 nitrogen and oxygen atoms in total. The number of hydrogen-bond donors (Lipinski definition) is 1. The summed E-state index contributed by atoms with van der Waals surface area (Å²) in [6.45, 7) is 4.00. The molecule has 74 valence electrons. The predicted octanol–water partition coefficient (Wildman–Crippen LogP) is 4.13. The lowest BCUT2D eigenvalue weighted by Gasteiger charge is -1.95. The Labute approximate surface area is 94.2 Å². The molecule has 0 aliphatic carbocycles. The van der Waals surface area contributed by atoms with E-state index in [1.54, 1.807) is 11.3 Å². The van der Waals surface area contributed by atoms with Crippen molar-refractivity contribution in [2.24, 2.45) is 0 Å². The third kappa shape index (κ3) is 2.86. The summed E-state index contributed by atoms with van der Waals surface area (Å²) in [6, 6.07) is 8.00. The lowest BCUT2D eigenvalue weighted by atomic mass is 10.2. The van der Waals surface area contributed by atoms with Crippen LogP contribution in [0.4, 0.5) is 0 Å². The smallest absolute Gasteiger partial charge is 0.123 e. The minimum atomic E-state index is 0.982. The summed E-state index contributed by atoms with van der Waals surface area (Å²) in [6.07, 6.45) is 1.81. The Bertz CT molecular complexity index is 351. The molecule has 1 aromatic carbocycles. The molecule has 0 N–H and O–H groups in total. The van der Waals surface area contributed by atoms with Crippen LogP contribution >= 0.6 is 24.0 Å². The van der Waals surface area contributed by atoms with Crippen LogP contribution in [0.25, 0.3) is 10.6 Å². The summed E-state index contributed by atoms with van der Waals surface area (Å²) in [5.41, 5.74) is 1.16. The molecule has 1 aromatic heterocycles. The zero-order valence-corrected chi connectivity index (χ0v) is 9.98. The highest BCUT2D eigenvalue weighted by Crippen LogP contribution is 2.22. The molecule has 0 saturated heterocycles. The molecule has 14 heavy (non-hydrogen) atoms. The van der Waals surface area contributed by atoms with E-state index in [0.29, 0.717) is 0 Å². The molecule has 0 saturated carbocycles. The fourth-order valence-electron chi connectivity index (χ4n) is 0.970. The van der Waals surface area contributed by atoms with Crippen molar-refractivity contribution >= 4 is 24.0 Å². The summed E-state index contributed by atoms with van der Waals surface area (Å²) in [4.78, 5) is 5.19. The molecule has 3 heteroatoms. The quantitative estimate of drug-likeness (QED) is 0.717. The van der Waals surface area contributed by atoms with Gasteiger partial charge in [-0.05, 0) is 12.1 Å². The molecule has 0 bridgehead atoms. The molecule has 0 radical (unpaired) electrons. The van der Waals surface area contributed by atoms with Crippen LogP contribution in [0.5, 0.6) is 0 Å². The van der Waals surface area contributed by atoms with Crippen LogP contribution in [0.3, 0.4) is 0 Å². The van der Waals surface area contributed by atoms with E-state index < -0.39 is 0 Å². The minimum absolute atomic E-state index is 0.982. The van der Waals surface area contributed by atoms with Crippen molar-refractivity contribution in [3.63, 3.8) is 0 Å². The Hall–Kier alpha value is -0.800. The first-order valence-electron chi connectivity index (χ1n) is 4.55. The highest BCUT2D eigenvalue weighted by atomic mass is 32.1. The summed E-state index contributed by atoms with van der Waals surface area (Å²) in [5.74, 6) is 0. The SMILES string of the molecule is CC.Sc1ccc(-c2nccs2)cc1. The fraction of sp³-hybridized carbons (Fsp3) is 0.182. The molecule has 0 fully saturated rings. The first kappa shape index (κ1) is 11.3. The molecule has 0 amide bonds. The number of hydrogen-bond acceptors (Lipinski definition) is 3. The molecule has 2 aromatic rings. The van der Waals surface area contributed by atoms with Crippen molar-refractivity contribution in [3.05, 3.63) is 35.8 Å². The Balaban J connectivity index is 0.000000461. The van der Waals surface area contributed by atoms with E-state index >= 15 is 0 Å². The Kier molecular flexibility index (Phi) is 4.70. The lowest BCUT2D eigenvalue weighted by molar-refractivity contribution is 1.39. The van der Waals surface area contributed by atoms with Crippen LogP contribution in [0.15, 0.2) is 40.7 Å². The van der Waals surface area contributed by atoms with E-state index in [2.05, 4.69) is 17.6 Å². The van der Waals surface area contributed by atoms with Gasteiger partial charge in [-0.1, -0.05) is 26.0 Å². The molecule has 0 atom stereocenters. The summed E-state index contributed by atoms with van der Waals surface area (Å²) < 4.78 is 0. The molecule has 0 spiro atoms. The van der Waals surface area contributed by atoms with Crippen LogP contribution in [-0.2, 0) is 0 Å². The number of thiol groups is 1. The van der Waals surface area contributed by atoms with Gasteiger partial charge in [0, 0.05) is 22.0 Å². The van der Waals surface area contributed by atoms with Gasteiger partial charge in [-0.3, -0.25) is 0 Å². The zero-order valence-electron chi connectivity index (χ0n) is 8.27. The monoisotopic (exact) mass is 223 g/mol. The predicted molar refractivity (Wildman–Crippen MR) is 66.2 cm³/mol. The summed E-state index contributed by atoms with van der Waals surface area (Å²) in [7, 11) is 0. The molecular formula is C11H13NS2. The van der Waals surface area contributed by atoms with Gasteiger partial charge in [-0.15, -0.1) is 24.0 Å². The van der Waals surface area contributed by atoms with E-state index in [1.165, 1.54) is 0 Å². The maximum Gasteiger partial charge on any atom is 0.123 e. The number of rotatable bonds is 1. The summed E-state index contributed by atoms with van der Waals surface area (Å²) >= 11 is 5.86. The van der Waals surface area contributed by atoms with Crippen LogP contribution in [0.1, 0.15) is 13.8 Å². The Morgan fingerprint density at radius 3 is 2.29 bits per heavy atom. The lowest BCUT2D eigenvalue weighted by Crippen LogP contribution is -1.73. The molecule has 1 heterocycles. The van der Waals surface area contributed by atoms with Crippen LogP contribution in [0.2, 0.25) is 0 Å². The molecule has 0 unspecified atom stereocenters. The third-order valence-corrected chi connectivity index (χ3v) is 2.67. The second-order valence-electron chi connectivity index (χ2n) is 2.38. The van der Waals surface area contributed by atoms with Crippen molar-refractivity contribution in [1.82, 2.24) is 4.98 Å². The van der Waals surface area contributed by atoms with Gasteiger partial charge < -0.3 is 0 Å². The molecule has 0 aliphatic heterocycles. The first-order valence-corrected chi connectivity index (χ1v) is 5.88. The second kappa shape index (κ2) is 5.83. The average Bonchev–Trinajstić information content (AvgIpc) is 2.75. The van der Waals surface area contributed by atoms with Gasteiger partial charge in [0.25, 0.3) is 0 Å². The average molecular weight is 223 g/mol. The Morgan fingerprint density at radius 2 is 1.79 bits per heavy atom. The van der Waals surface area contributed by atoms with Crippen molar-refractivity contribution in [1.29, 1.82) is 0 Å². The van der Waals surface area contributed by atoms with Crippen molar-refractivity contribution in [2.45, 2.75) is 18.7 Å². The van der Waals surface area contributed by atoms with Gasteiger partial charge in [0.15, 0.2) is 0 Å². The van der Waals surface area contributed by atoms with Crippen molar-refractivity contribution in [3.8, 4) is 10.6 Å². The van der Waals surface area contributed by atoms with Crippen molar-refractivity contribution in [2.75, 3.05) is 0 Å². The number of benzene rings is 1. The van der Waals surface area contributed by atoms with Crippen molar-refractivity contribution < 1.29 is 0 Å². The molecule has 0 aliphatic rings. The van der Waals surface area contributed by atoms with E-state index in [-0.39, 0.29) is 0 Å². The molecular weight excluding hydrogens is 210 g/mol. The van der Waals surface area contributed by atoms with E-state index in [1.807, 2.05) is 49.7 Å². The maximum absolute atomic E-state index is 4.21.